The predicted molar refractivity (Wildman–Crippen MR) is 81.3 cm³/mol. The second-order valence-electron chi connectivity index (χ2n) is 4.64. The molecule has 0 saturated carbocycles. The van der Waals surface area contributed by atoms with E-state index in [4.69, 9.17) is 23.8 Å². The lowest BCUT2D eigenvalue weighted by Gasteiger charge is -2.18. The van der Waals surface area contributed by atoms with E-state index < -0.39 is 0 Å². The lowest BCUT2D eigenvalue weighted by atomic mass is 10.1. The minimum absolute atomic E-state index is 0.0446. The highest BCUT2D eigenvalue weighted by Crippen LogP contribution is 2.16. The average Bonchev–Trinajstić information content (AvgIpc) is 2.91. The maximum atomic E-state index is 11.8. The first-order valence-corrected chi connectivity index (χ1v) is 7.27. The molecule has 2 rings (SSSR count). The van der Waals surface area contributed by atoms with Crippen LogP contribution in [0.2, 0.25) is 5.02 Å². The first-order valence-electron chi connectivity index (χ1n) is 6.49. The minimum Gasteiger partial charge on any atom is -0.349 e. The zero-order valence-corrected chi connectivity index (χ0v) is 12.3. The SMILES string of the molecule is O=C(CCc1ccccc1Cl)NC(=S)N1CCCC1. The minimum atomic E-state index is -0.0446. The van der Waals surface area contributed by atoms with E-state index >= 15 is 0 Å². The summed E-state index contributed by atoms with van der Waals surface area (Å²) in [5, 5.41) is 4.05. The Morgan fingerprint density at radius 3 is 2.68 bits per heavy atom. The van der Waals surface area contributed by atoms with Crippen LogP contribution >= 0.6 is 23.8 Å². The fourth-order valence-electron chi connectivity index (χ4n) is 2.13. The third-order valence-corrected chi connectivity index (χ3v) is 3.95. The highest BCUT2D eigenvalue weighted by Gasteiger charge is 2.16. The molecular formula is C14H17ClN2OS. The van der Waals surface area contributed by atoms with Crippen LogP contribution < -0.4 is 5.32 Å². The molecule has 102 valence electrons. The summed E-state index contributed by atoms with van der Waals surface area (Å²) in [5.74, 6) is -0.0446. The van der Waals surface area contributed by atoms with Crippen LogP contribution in [-0.2, 0) is 11.2 Å². The van der Waals surface area contributed by atoms with Crippen molar-refractivity contribution in [2.45, 2.75) is 25.7 Å². The molecule has 1 N–H and O–H groups in total. The Morgan fingerprint density at radius 1 is 1.32 bits per heavy atom. The van der Waals surface area contributed by atoms with Gasteiger partial charge in [-0.25, -0.2) is 0 Å². The number of benzene rings is 1. The van der Waals surface area contributed by atoms with Gasteiger partial charge in [0.1, 0.15) is 0 Å². The molecule has 3 nitrogen and oxygen atoms in total. The van der Waals surface area contributed by atoms with E-state index in [0.717, 1.165) is 31.5 Å². The summed E-state index contributed by atoms with van der Waals surface area (Å²) in [6.07, 6.45) is 3.33. The molecule has 1 heterocycles. The van der Waals surface area contributed by atoms with Gasteiger partial charge in [-0.1, -0.05) is 29.8 Å². The van der Waals surface area contributed by atoms with Crippen molar-refractivity contribution in [1.82, 2.24) is 10.2 Å². The van der Waals surface area contributed by atoms with Crippen molar-refractivity contribution >= 4 is 34.8 Å². The third-order valence-electron chi connectivity index (χ3n) is 3.22. The van der Waals surface area contributed by atoms with Crippen molar-refractivity contribution in [2.75, 3.05) is 13.1 Å². The Balaban J connectivity index is 1.78. The second kappa shape index (κ2) is 6.87. The number of thiocarbonyl (C=S) groups is 1. The number of hydrogen-bond donors (Lipinski definition) is 1. The fraction of sp³-hybridized carbons (Fsp3) is 0.429. The lowest BCUT2D eigenvalue weighted by molar-refractivity contribution is -0.119. The molecule has 0 unspecified atom stereocenters. The molecule has 19 heavy (non-hydrogen) atoms. The zero-order valence-electron chi connectivity index (χ0n) is 10.7. The van der Waals surface area contributed by atoms with E-state index in [1.54, 1.807) is 0 Å². The average molecular weight is 297 g/mol. The Labute approximate surface area is 123 Å². The molecule has 0 aliphatic carbocycles. The van der Waals surface area contributed by atoms with Gasteiger partial charge in [0.2, 0.25) is 5.91 Å². The number of rotatable bonds is 3. The van der Waals surface area contributed by atoms with Crippen LogP contribution in [0, 0.1) is 0 Å². The van der Waals surface area contributed by atoms with E-state index in [1.165, 1.54) is 0 Å². The highest BCUT2D eigenvalue weighted by molar-refractivity contribution is 7.80. The fourth-order valence-corrected chi connectivity index (χ4v) is 2.66. The van der Waals surface area contributed by atoms with Crippen molar-refractivity contribution in [1.29, 1.82) is 0 Å². The van der Waals surface area contributed by atoms with Gasteiger partial charge in [-0.05, 0) is 43.1 Å². The molecule has 0 radical (unpaired) electrons. The van der Waals surface area contributed by atoms with Gasteiger partial charge < -0.3 is 10.2 Å². The molecule has 0 spiro atoms. The number of halogens is 1. The number of likely N-dealkylation sites (tertiary alicyclic amines) is 1. The molecule has 1 aromatic carbocycles. The highest BCUT2D eigenvalue weighted by atomic mass is 35.5. The molecule has 1 amide bonds. The third kappa shape index (κ3) is 4.18. The van der Waals surface area contributed by atoms with E-state index in [1.807, 2.05) is 29.2 Å². The van der Waals surface area contributed by atoms with Gasteiger partial charge in [-0.2, -0.15) is 0 Å². The lowest BCUT2D eigenvalue weighted by Crippen LogP contribution is -2.41. The van der Waals surface area contributed by atoms with Crippen molar-refractivity contribution in [3.63, 3.8) is 0 Å². The van der Waals surface area contributed by atoms with Crippen LogP contribution in [0.4, 0.5) is 0 Å². The van der Waals surface area contributed by atoms with Crippen molar-refractivity contribution < 1.29 is 4.79 Å². The Bertz CT molecular complexity index is 472. The van der Waals surface area contributed by atoms with Crippen molar-refractivity contribution in [3.8, 4) is 0 Å². The molecule has 0 aromatic heterocycles. The normalized spacial score (nSPS) is 14.5. The summed E-state index contributed by atoms with van der Waals surface area (Å²) >= 11 is 11.3. The smallest absolute Gasteiger partial charge is 0.226 e. The summed E-state index contributed by atoms with van der Waals surface area (Å²) in [6, 6.07) is 7.58. The van der Waals surface area contributed by atoms with E-state index in [-0.39, 0.29) is 5.91 Å². The number of carbonyl (C=O) groups excluding carboxylic acids is 1. The maximum Gasteiger partial charge on any atom is 0.226 e. The van der Waals surface area contributed by atoms with Crippen LogP contribution in [0.15, 0.2) is 24.3 Å². The van der Waals surface area contributed by atoms with E-state index in [2.05, 4.69) is 5.32 Å². The number of aryl methyl sites for hydroxylation is 1. The summed E-state index contributed by atoms with van der Waals surface area (Å²) in [6.45, 7) is 1.90. The van der Waals surface area contributed by atoms with Crippen molar-refractivity contribution in [2.24, 2.45) is 0 Å². The largest absolute Gasteiger partial charge is 0.349 e. The van der Waals surface area contributed by atoms with Gasteiger partial charge >= 0.3 is 0 Å². The summed E-state index contributed by atoms with van der Waals surface area (Å²) in [7, 11) is 0. The second-order valence-corrected chi connectivity index (χ2v) is 5.43. The van der Waals surface area contributed by atoms with Crippen LogP contribution in [0.1, 0.15) is 24.8 Å². The number of carbonyl (C=O) groups is 1. The van der Waals surface area contributed by atoms with E-state index in [0.29, 0.717) is 23.0 Å². The summed E-state index contributed by atoms with van der Waals surface area (Å²) in [5.41, 5.74) is 0.992. The predicted octanol–water partition coefficient (Wildman–Crippen LogP) is 2.77. The van der Waals surface area contributed by atoms with Gasteiger partial charge in [-0.3, -0.25) is 4.79 Å². The van der Waals surface area contributed by atoms with Gasteiger partial charge in [0.25, 0.3) is 0 Å². The zero-order chi connectivity index (χ0) is 13.7. The molecule has 0 bridgehead atoms. The number of nitrogens with zero attached hydrogens (tertiary/aromatic N) is 1. The molecular weight excluding hydrogens is 280 g/mol. The van der Waals surface area contributed by atoms with Crippen molar-refractivity contribution in [3.05, 3.63) is 34.9 Å². The van der Waals surface area contributed by atoms with Crippen LogP contribution in [0.5, 0.6) is 0 Å². The van der Waals surface area contributed by atoms with E-state index in [9.17, 15) is 4.79 Å². The first-order chi connectivity index (χ1) is 9.16. The molecule has 1 fully saturated rings. The molecule has 5 heteroatoms. The Kier molecular flexibility index (Phi) is 5.16. The van der Waals surface area contributed by atoms with Gasteiger partial charge in [0.05, 0.1) is 0 Å². The first kappa shape index (κ1) is 14.3. The van der Waals surface area contributed by atoms with Crippen LogP contribution in [0.25, 0.3) is 0 Å². The number of nitrogens with one attached hydrogen (secondary N) is 1. The molecule has 1 saturated heterocycles. The quantitative estimate of drug-likeness (QED) is 0.871. The van der Waals surface area contributed by atoms with Gasteiger partial charge in [-0.15, -0.1) is 0 Å². The Hall–Kier alpha value is -1.13. The molecule has 1 aromatic rings. The standard InChI is InChI=1S/C14H17ClN2OS/c15-12-6-2-1-5-11(12)7-8-13(18)16-14(19)17-9-3-4-10-17/h1-2,5-6H,3-4,7-10H2,(H,16,18,19). The molecule has 0 atom stereocenters. The monoisotopic (exact) mass is 296 g/mol. The van der Waals surface area contributed by atoms with Crippen LogP contribution in [-0.4, -0.2) is 29.0 Å². The molecule has 1 aliphatic heterocycles. The number of amides is 1. The molecule has 1 aliphatic rings. The van der Waals surface area contributed by atoms with Gasteiger partial charge in [0, 0.05) is 24.5 Å². The number of hydrogen-bond acceptors (Lipinski definition) is 2. The Morgan fingerprint density at radius 2 is 2.00 bits per heavy atom. The summed E-state index contributed by atoms with van der Waals surface area (Å²) in [4.78, 5) is 13.9. The topological polar surface area (TPSA) is 32.3 Å². The van der Waals surface area contributed by atoms with Crippen LogP contribution in [0.3, 0.4) is 0 Å². The van der Waals surface area contributed by atoms with Gasteiger partial charge in [0.15, 0.2) is 5.11 Å². The summed E-state index contributed by atoms with van der Waals surface area (Å²) < 4.78 is 0. The maximum absolute atomic E-state index is 11.8.